The Hall–Kier alpha value is -3.35. The van der Waals surface area contributed by atoms with E-state index >= 15 is 0 Å². The first-order valence-electron chi connectivity index (χ1n) is 10.8. The van der Waals surface area contributed by atoms with E-state index in [4.69, 9.17) is 4.74 Å². The van der Waals surface area contributed by atoms with Crippen molar-refractivity contribution in [2.24, 2.45) is 11.3 Å². The third kappa shape index (κ3) is 3.83. The molecule has 0 aromatic heterocycles. The highest BCUT2D eigenvalue weighted by Crippen LogP contribution is 2.44. The average Bonchev–Trinajstić information content (AvgIpc) is 3.07. The molecule has 0 saturated carbocycles. The molecule has 0 radical (unpaired) electrons. The van der Waals surface area contributed by atoms with Gasteiger partial charge in [-0.05, 0) is 35.1 Å². The number of amides is 2. The van der Waals surface area contributed by atoms with Gasteiger partial charge in [0.05, 0.1) is 5.41 Å². The maximum absolute atomic E-state index is 12.9. The van der Waals surface area contributed by atoms with E-state index in [2.05, 4.69) is 17.4 Å². The SMILES string of the molecule is CC(C)[C@@H](NC(=O)OCC1c2ccccc2-c2ccccc21)C(=O)N1CC(C)(C(=O)O)C1. The number of carbonyl (C=O) groups is 3. The van der Waals surface area contributed by atoms with Gasteiger partial charge in [0.1, 0.15) is 12.6 Å². The third-order valence-corrected chi connectivity index (χ3v) is 6.46. The molecule has 0 spiro atoms. The van der Waals surface area contributed by atoms with Crippen molar-refractivity contribution in [3.63, 3.8) is 0 Å². The summed E-state index contributed by atoms with van der Waals surface area (Å²) in [7, 11) is 0. The fourth-order valence-electron chi connectivity index (χ4n) is 4.56. The molecule has 0 bridgehead atoms. The molecule has 32 heavy (non-hydrogen) atoms. The highest BCUT2D eigenvalue weighted by atomic mass is 16.5. The smallest absolute Gasteiger partial charge is 0.407 e. The first kappa shape index (κ1) is 21.9. The molecule has 2 aromatic rings. The number of rotatable bonds is 6. The Morgan fingerprint density at radius 3 is 2.09 bits per heavy atom. The molecule has 1 fully saturated rings. The van der Waals surface area contributed by atoms with E-state index < -0.39 is 23.5 Å². The lowest BCUT2D eigenvalue weighted by molar-refractivity contribution is -0.165. The highest BCUT2D eigenvalue weighted by molar-refractivity contribution is 5.89. The molecule has 168 valence electrons. The fourth-order valence-corrected chi connectivity index (χ4v) is 4.56. The van der Waals surface area contributed by atoms with Crippen molar-refractivity contribution in [3.05, 3.63) is 59.7 Å². The Kier molecular flexibility index (Phi) is 5.67. The topological polar surface area (TPSA) is 95.9 Å². The van der Waals surface area contributed by atoms with E-state index in [9.17, 15) is 19.5 Å². The van der Waals surface area contributed by atoms with Crippen LogP contribution >= 0.6 is 0 Å². The Morgan fingerprint density at radius 1 is 1.06 bits per heavy atom. The summed E-state index contributed by atoms with van der Waals surface area (Å²) in [5, 5.41) is 12.0. The lowest BCUT2D eigenvalue weighted by Gasteiger charge is -2.46. The summed E-state index contributed by atoms with van der Waals surface area (Å²) in [6.45, 7) is 5.72. The molecule has 0 unspecified atom stereocenters. The van der Waals surface area contributed by atoms with Crippen LogP contribution in [0.5, 0.6) is 0 Å². The van der Waals surface area contributed by atoms with Gasteiger partial charge in [-0.15, -0.1) is 0 Å². The highest BCUT2D eigenvalue weighted by Gasteiger charge is 2.49. The van der Waals surface area contributed by atoms with Crippen LogP contribution in [0.3, 0.4) is 0 Å². The van der Waals surface area contributed by atoms with Gasteiger partial charge in [-0.1, -0.05) is 62.4 Å². The molecule has 4 rings (SSSR count). The van der Waals surface area contributed by atoms with E-state index in [1.165, 1.54) is 4.90 Å². The fraction of sp³-hybridized carbons (Fsp3) is 0.400. The van der Waals surface area contributed by atoms with Crippen LogP contribution in [0, 0.1) is 11.3 Å². The Balaban J connectivity index is 1.40. The summed E-state index contributed by atoms with van der Waals surface area (Å²) in [5.74, 6) is -1.44. The lowest BCUT2D eigenvalue weighted by atomic mass is 9.81. The average molecular weight is 437 g/mol. The van der Waals surface area contributed by atoms with E-state index in [0.717, 1.165) is 22.3 Å². The second-order valence-electron chi connectivity index (χ2n) is 9.25. The zero-order chi connectivity index (χ0) is 23.0. The van der Waals surface area contributed by atoms with Crippen molar-refractivity contribution in [2.45, 2.75) is 32.7 Å². The quantitative estimate of drug-likeness (QED) is 0.723. The number of hydrogen-bond acceptors (Lipinski definition) is 4. The summed E-state index contributed by atoms with van der Waals surface area (Å²) < 4.78 is 5.57. The van der Waals surface area contributed by atoms with Gasteiger partial charge in [0.25, 0.3) is 0 Å². The second-order valence-corrected chi connectivity index (χ2v) is 9.25. The molecule has 1 aliphatic carbocycles. The molecule has 2 N–H and O–H groups in total. The number of fused-ring (bicyclic) bond motifs is 3. The summed E-state index contributed by atoms with van der Waals surface area (Å²) in [5.41, 5.74) is 3.59. The van der Waals surface area contributed by atoms with Crippen LogP contribution in [0.4, 0.5) is 4.79 Å². The largest absolute Gasteiger partial charge is 0.481 e. The number of ether oxygens (including phenoxy) is 1. The number of nitrogens with zero attached hydrogens (tertiary/aromatic N) is 1. The number of nitrogens with one attached hydrogen (secondary N) is 1. The minimum absolute atomic E-state index is 0.0620. The van der Waals surface area contributed by atoms with Crippen LogP contribution in [0.25, 0.3) is 11.1 Å². The molecule has 7 heteroatoms. The van der Waals surface area contributed by atoms with Gasteiger partial charge in [-0.2, -0.15) is 0 Å². The second kappa shape index (κ2) is 8.30. The maximum atomic E-state index is 12.9. The standard InChI is InChI=1S/C25H28N2O5/c1-15(2)21(22(28)27-13-25(3,14-27)23(29)30)26-24(31)32-12-20-18-10-6-4-8-16(18)17-9-5-7-11-19(17)20/h4-11,15,20-21H,12-14H2,1-3H3,(H,26,31)(H,29,30)/t21-/m1/s1. The summed E-state index contributed by atoms with van der Waals surface area (Å²) in [4.78, 5) is 38.3. The number of hydrogen-bond donors (Lipinski definition) is 2. The molecule has 1 atom stereocenters. The Morgan fingerprint density at radius 2 is 1.59 bits per heavy atom. The minimum atomic E-state index is -0.930. The van der Waals surface area contributed by atoms with Crippen molar-refractivity contribution in [1.82, 2.24) is 10.2 Å². The van der Waals surface area contributed by atoms with Crippen LogP contribution < -0.4 is 5.32 Å². The predicted molar refractivity (Wildman–Crippen MR) is 119 cm³/mol. The maximum Gasteiger partial charge on any atom is 0.407 e. The molecular formula is C25H28N2O5. The van der Waals surface area contributed by atoms with Crippen LogP contribution in [-0.2, 0) is 14.3 Å². The molecule has 2 aliphatic rings. The number of carboxylic acids is 1. The van der Waals surface area contributed by atoms with Crippen molar-refractivity contribution in [1.29, 1.82) is 0 Å². The first-order chi connectivity index (χ1) is 15.2. The third-order valence-electron chi connectivity index (χ3n) is 6.46. The van der Waals surface area contributed by atoms with E-state index in [1.807, 2.05) is 50.2 Å². The predicted octanol–water partition coefficient (Wildman–Crippen LogP) is 3.48. The van der Waals surface area contributed by atoms with Crippen LogP contribution in [0.2, 0.25) is 0 Å². The number of alkyl carbamates (subject to hydrolysis) is 1. The van der Waals surface area contributed by atoms with Crippen molar-refractivity contribution < 1.29 is 24.2 Å². The van der Waals surface area contributed by atoms with Gasteiger partial charge in [-0.25, -0.2) is 4.79 Å². The van der Waals surface area contributed by atoms with Crippen molar-refractivity contribution in [2.75, 3.05) is 19.7 Å². The first-order valence-corrected chi connectivity index (χ1v) is 10.8. The van der Waals surface area contributed by atoms with Gasteiger partial charge in [-0.3, -0.25) is 9.59 Å². The minimum Gasteiger partial charge on any atom is -0.481 e. The van der Waals surface area contributed by atoms with Crippen LogP contribution in [0.15, 0.2) is 48.5 Å². The van der Waals surface area contributed by atoms with Gasteiger partial charge >= 0.3 is 12.1 Å². The van der Waals surface area contributed by atoms with E-state index in [0.29, 0.717) is 0 Å². The zero-order valence-electron chi connectivity index (χ0n) is 18.5. The molecule has 1 heterocycles. The van der Waals surface area contributed by atoms with Crippen molar-refractivity contribution in [3.8, 4) is 11.1 Å². The Bertz CT molecular complexity index is 1010. The number of aliphatic carboxylic acids is 1. The monoisotopic (exact) mass is 436 g/mol. The summed E-state index contributed by atoms with van der Waals surface area (Å²) in [6.07, 6.45) is -0.652. The number of carboxylic acid groups (broad SMARTS) is 1. The van der Waals surface area contributed by atoms with Crippen molar-refractivity contribution >= 4 is 18.0 Å². The summed E-state index contributed by atoms with van der Waals surface area (Å²) >= 11 is 0. The molecule has 2 aromatic carbocycles. The van der Waals surface area contributed by atoms with E-state index in [1.54, 1.807) is 6.92 Å². The summed E-state index contributed by atoms with van der Waals surface area (Å²) in [6, 6.07) is 15.4. The number of benzene rings is 2. The van der Waals surface area contributed by atoms with Crippen LogP contribution in [-0.4, -0.2) is 53.7 Å². The zero-order valence-corrected chi connectivity index (χ0v) is 18.5. The number of likely N-dealkylation sites (tertiary alicyclic amines) is 1. The van der Waals surface area contributed by atoms with Gasteiger partial charge in [0.2, 0.25) is 5.91 Å². The van der Waals surface area contributed by atoms with Gasteiger partial charge in [0.15, 0.2) is 0 Å². The molecule has 2 amide bonds. The van der Waals surface area contributed by atoms with Gasteiger partial charge < -0.3 is 20.1 Å². The van der Waals surface area contributed by atoms with E-state index in [-0.39, 0.29) is 37.4 Å². The molecule has 1 saturated heterocycles. The normalized spacial score (nSPS) is 17.2. The number of carbonyl (C=O) groups excluding carboxylic acids is 2. The van der Waals surface area contributed by atoms with Gasteiger partial charge in [0, 0.05) is 19.0 Å². The molecule has 1 aliphatic heterocycles. The Labute approximate surface area is 187 Å². The van der Waals surface area contributed by atoms with Crippen LogP contribution in [0.1, 0.15) is 37.8 Å². The lowest BCUT2D eigenvalue weighted by Crippen LogP contribution is -2.64. The molecular weight excluding hydrogens is 408 g/mol. The molecule has 7 nitrogen and oxygen atoms in total.